The monoisotopic (exact) mass is 157 g/mol. The lowest BCUT2D eigenvalue weighted by Gasteiger charge is -1.87. The fourth-order valence-electron chi connectivity index (χ4n) is 0.504. The Kier molecular flexibility index (Phi) is 2.33. The first kappa shape index (κ1) is 7.14. The van der Waals surface area contributed by atoms with E-state index in [9.17, 15) is 8.42 Å². The molecule has 1 aromatic rings. The van der Waals surface area contributed by atoms with Gasteiger partial charge in [-0.3, -0.25) is 9.97 Å². The minimum Gasteiger partial charge on any atom is -0.256 e. The van der Waals surface area contributed by atoms with Crippen LogP contribution in [-0.2, 0) is 16.5 Å². The molecule has 0 spiro atoms. The molecular formula is C5H5N2O2S. The topological polar surface area (TPSA) is 59.9 Å². The van der Waals surface area contributed by atoms with Crippen molar-refractivity contribution in [3.05, 3.63) is 24.3 Å². The average molecular weight is 157 g/mol. The molecule has 4 nitrogen and oxygen atoms in total. The van der Waals surface area contributed by atoms with E-state index in [1.165, 1.54) is 12.4 Å². The Hall–Kier alpha value is -0.970. The molecule has 0 aromatic carbocycles. The summed E-state index contributed by atoms with van der Waals surface area (Å²) in [5, 5.41) is 0. The summed E-state index contributed by atoms with van der Waals surface area (Å²) in [5.41, 5.74) is 0.454. The summed E-state index contributed by atoms with van der Waals surface area (Å²) < 4.78 is 20.3. The van der Waals surface area contributed by atoms with Crippen molar-refractivity contribution in [1.29, 1.82) is 0 Å². The van der Waals surface area contributed by atoms with Gasteiger partial charge in [0, 0.05) is 0 Å². The van der Waals surface area contributed by atoms with Crippen LogP contribution in [0.2, 0.25) is 0 Å². The van der Waals surface area contributed by atoms with Crippen LogP contribution >= 0.6 is 0 Å². The predicted octanol–water partition coefficient (Wildman–Crippen LogP) is -0.612. The number of rotatable bonds is 2. The third kappa shape index (κ3) is 2.10. The van der Waals surface area contributed by atoms with E-state index in [1.54, 1.807) is 0 Å². The van der Waals surface area contributed by atoms with E-state index in [1.807, 2.05) is 0 Å². The zero-order valence-electron chi connectivity index (χ0n) is 5.02. The lowest BCUT2D eigenvalue weighted by Crippen LogP contribution is -1.90. The van der Waals surface area contributed by atoms with Crippen LogP contribution in [0.4, 0.5) is 0 Å². The van der Waals surface area contributed by atoms with Gasteiger partial charge in [0.2, 0.25) is 0 Å². The van der Waals surface area contributed by atoms with Gasteiger partial charge in [-0.2, -0.15) is 0 Å². The highest BCUT2D eigenvalue weighted by molar-refractivity contribution is 7.71. The maximum Gasteiger partial charge on any atom is 0.145 e. The number of aromatic nitrogens is 2. The molecule has 0 saturated heterocycles. The molecule has 1 heterocycles. The summed E-state index contributed by atoms with van der Waals surface area (Å²) in [5.74, 6) is -0.0446. The summed E-state index contributed by atoms with van der Waals surface area (Å²) in [6.45, 7) is 0. The van der Waals surface area contributed by atoms with Crippen LogP contribution in [0, 0.1) is 6.20 Å². The second-order valence-corrected chi connectivity index (χ2v) is 2.61. The van der Waals surface area contributed by atoms with Gasteiger partial charge in [-0.15, -0.1) is 0 Å². The summed E-state index contributed by atoms with van der Waals surface area (Å²) in [6, 6.07) is 0. The maximum absolute atomic E-state index is 10.1. The highest BCUT2D eigenvalue weighted by Crippen LogP contribution is 1.89. The standard InChI is InChI=1S/C5H5N2O2S/c8-10(9)4-5-3-6-1-2-7-5/h2-3,10H,4H2. The minimum absolute atomic E-state index is 0.0446. The van der Waals surface area contributed by atoms with Gasteiger partial charge in [-0.05, 0) is 0 Å². The van der Waals surface area contributed by atoms with Gasteiger partial charge < -0.3 is 0 Å². The van der Waals surface area contributed by atoms with Crippen LogP contribution in [0.25, 0.3) is 0 Å². The molecule has 5 heteroatoms. The Balaban J connectivity index is 2.77. The molecule has 0 atom stereocenters. The SMILES string of the molecule is O=[SH](=O)Cc1cn[c]cn1. The molecule has 10 heavy (non-hydrogen) atoms. The number of nitrogens with zero attached hydrogens (tertiary/aromatic N) is 2. The van der Waals surface area contributed by atoms with Crippen molar-refractivity contribution in [2.75, 3.05) is 0 Å². The average Bonchev–Trinajstić information content (AvgIpc) is 1.88. The van der Waals surface area contributed by atoms with Crippen molar-refractivity contribution in [1.82, 2.24) is 9.97 Å². The lowest BCUT2D eigenvalue weighted by atomic mass is 10.5. The highest BCUT2D eigenvalue weighted by Gasteiger charge is 1.92. The first-order valence-corrected chi connectivity index (χ1v) is 3.94. The molecule has 0 aliphatic carbocycles. The van der Waals surface area contributed by atoms with Crippen LogP contribution in [0.5, 0.6) is 0 Å². The molecule has 0 bridgehead atoms. The van der Waals surface area contributed by atoms with Crippen LogP contribution in [0.1, 0.15) is 5.69 Å². The smallest absolute Gasteiger partial charge is 0.145 e. The number of hydrogen-bond acceptors (Lipinski definition) is 4. The van der Waals surface area contributed by atoms with Crippen LogP contribution in [-0.4, -0.2) is 18.4 Å². The van der Waals surface area contributed by atoms with Crippen LogP contribution in [0.3, 0.4) is 0 Å². The third-order valence-corrected chi connectivity index (χ3v) is 1.45. The quantitative estimate of drug-likeness (QED) is 0.582. The van der Waals surface area contributed by atoms with E-state index < -0.39 is 10.7 Å². The van der Waals surface area contributed by atoms with E-state index in [4.69, 9.17) is 0 Å². The molecule has 1 radical (unpaired) electrons. The molecule has 1 rings (SSSR count). The Morgan fingerprint density at radius 1 is 1.60 bits per heavy atom. The van der Waals surface area contributed by atoms with Crippen molar-refractivity contribution >= 4 is 10.7 Å². The van der Waals surface area contributed by atoms with E-state index in [-0.39, 0.29) is 5.75 Å². The van der Waals surface area contributed by atoms with Gasteiger partial charge in [0.1, 0.15) is 16.9 Å². The Morgan fingerprint density at radius 2 is 2.40 bits per heavy atom. The molecule has 0 aliphatic heterocycles. The Bertz CT molecular complexity index is 262. The zero-order valence-corrected chi connectivity index (χ0v) is 5.91. The van der Waals surface area contributed by atoms with Gasteiger partial charge in [-0.25, -0.2) is 8.42 Å². The van der Waals surface area contributed by atoms with E-state index >= 15 is 0 Å². The zero-order chi connectivity index (χ0) is 7.40. The molecule has 0 unspecified atom stereocenters. The predicted molar refractivity (Wildman–Crippen MR) is 34.9 cm³/mol. The maximum atomic E-state index is 10.1. The van der Waals surface area contributed by atoms with Gasteiger partial charge >= 0.3 is 0 Å². The third-order valence-electron chi connectivity index (χ3n) is 0.867. The van der Waals surface area contributed by atoms with Crippen LogP contribution < -0.4 is 0 Å². The van der Waals surface area contributed by atoms with Gasteiger partial charge in [0.15, 0.2) is 0 Å². The summed E-state index contributed by atoms with van der Waals surface area (Å²) in [7, 11) is -2.39. The van der Waals surface area contributed by atoms with Crippen molar-refractivity contribution < 1.29 is 8.42 Å². The highest BCUT2D eigenvalue weighted by atomic mass is 32.2. The first-order chi connectivity index (χ1) is 4.79. The second-order valence-electron chi connectivity index (χ2n) is 1.63. The van der Waals surface area contributed by atoms with E-state index in [2.05, 4.69) is 16.2 Å². The minimum atomic E-state index is -2.39. The molecular weight excluding hydrogens is 152 g/mol. The van der Waals surface area contributed by atoms with E-state index in [0.29, 0.717) is 5.69 Å². The van der Waals surface area contributed by atoms with Gasteiger partial charge in [0.05, 0.1) is 23.8 Å². The van der Waals surface area contributed by atoms with E-state index in [0.717, 1.165) is 0 Å². The molecule has 0 saturated carbocycles. The normalized spacial score (nSPS) is 10.1. The van der Waals surface area contributed by atoms with Gasteiger partial charge in [-0.1, -0.05) is 0 Å². The van der Waals surface area contributed by atoms with Crippen molar-refractivity contribution in [3.63, 3.8) is 0 Å². The van der Waals surface area contributed by atoms with Crippen molar-refractivity contribution in [2.24, 2.45) is 0 Å². The summed E-state index contributed by atoms with van der Waals surface area (Å²) >= 11 is 0. The molecule has 0 N–H and O–H groups in total. The van der Waals surface area contributed by atoms with Crippen LogP contribution in [0.15, 0.2) is 12.4 Å². The summed E-state index contributed by atoms with van der Waals surface area (Å²) in [6.07, 6.45) is 5.17. The largest absolute Gasteiger partial charge is 0.256 e. The Morgan fingerprint density at radius 3 is 2.90 bits per heavy atom. The molecule has 53 valence electrons. The number of thiol groups is 1. The van der Waals surface area contributed by atoms with Gasteiger partial charge in [0.25, 0.3) is 0 Å². The molecule has 0 aliphatic rings. The molecule has 0 amide bonds. The summed E-state index contributed by atoms with van der Waals surface area (Å²) in [4.78, 5) is 7.30. The lowest BCUT2D eigenvalue weighted by molar-refractivity contribution is 0.613. The first-order valence-electron chi connectivity index (χ1n) is 2.58. The molecule has 0 fully saturated rings. The Labute approximate surface area is 59.9 Å². The molecule has 1 aromatic heterocycles. The van der Waals surface area contributed by atoms with Crippen molar-refractivity contribution in [2.45, 2.75) is 5.75 Å². The number of hydrogen-bond donors (Lipinski definition) is 1. The second kappa shape index (κ2) is 3.26. The fraction of sp³-hybridized carbons (Fsp3) is 0.200. The van der Waals surface area contributed by atoms with Crippen molar-refractivity contribution in [3.8, 4) is 0 Å². The fourth-order valence-corrected chi connectivity index (χ4v) is 0.932.